The first-order chi connectivity index (χ1) is 13.1. The van der Waals surface area contributed by atoms with Crippen LogP contribution in [0.1, 0.15) is 11.3 Å². The monoisotopic (exact) mass is 377 g/mol. The molecule has 3 amide bonds. The van der Waals surface area contributed by atoms with Gasteiger partial charge < -0.3 is 9.88 Å². The molecule has 4 rings (SSSR count). The number of imide groups is 1. The maximum Gasteiger partial charge on any atom is 0.329 e. The van der Waals surface area contributed by atoms with Crippen LogP contribution in [0.4, 0.5) is 4.79 Å². The summed E-state index contributed by atoms with van der Waals surface area (Å²) in [6.07, 6.45) is 3.57. The van der Waals surface area contributed by atoms with Crippen LogP contribution < -0.4 is 5.32 Å². The lowest BCUT2D eigenvalue weighted by Gasteiger charge is -2.11. The highest BCUT2D eigenvalue weighted by atomic mass is 35.5. The van der Waals surface area contributed by atoms with Crippen molar-refractivity contribution < 1.29 is 9.59 Å². The second-order valence-electron chi connectivity index (χ2n) is 6.14. The summed E-state index contributed by atoms with van der Waals surface area (Å²) in [5.74, 6) is -0.340. The van der Waals surface area contributed by atoms with Crippen molar-refractivity contribution in [3.63, 3.8) is 0 Å². The summed E-state index contributed by atoms with van der Waals surface area (Å²) in [6, 6.07) is 20.1. The van der Waals surface area contributed by atoms with Gasteiger partial charge in [0, 0.05) is 22.6 Å². The quantitative estimate of drug-likeness (QED) is 0.546. The Morgan fingerprint density at radius 3 is 2.41 bits per heavy atom. The van der Waals surface area contributed by atoms with E-state index in [1.54, 1.807) is 18.2 Å². The Morgan fingerprint density at radius 2 is 1.67 bits per heavy atom. The number of carbonyl (C=O) groups is 2. The van der Waals surface area contributed by atoms with Crippen molar-refractivity contribution in [1.82, 2.24) is 14.8 Å². The maximum absolute atomic E-state index is 12.7. The second kappa shape index (κ2) is 7.13. The van der Waals surface area contributed by atoms with Crippen molar-refractivity contribution in [2.45, 2.75) is 6.54 Å². The molecular formula is C21H16ClN3O2. The topological polar surface area (TPSA) is 54.3 Å². The Bertz CT molecular complexity index is 1020. The van der Waals surface area contributed by atoms with Crippen LogP contribution in [0.3, 0.4) is 0 Å². The fourth-order valence-corrected chi connectivity index (χ4v) is 3.10. The van der Waals surface area contributed by atoms with E-state index in [1.807, 2.05) is 65.4 Å². The van der Waals surface area contributed by atoms with Crippen molar-refractivity contribution in [3.8, 4) is 5.69 Å². The van der Waals surface area contributed by atoms with Crippen LogP contribution in [0.5, 0.6) is 0 Å². The van der Waals surface area contributed by atoms with E-state index >= 15 is 0 Å². The third-order valence-electron chi connectivity index (χ3n) is 4.32. The Morgan fingerprint density at radius 1 is 0.926 bits per heavy atom. The lowest BCUT2D eigenvalue weighted by molar-refractivity contribution is -0.123. The predicted molar refractivity (Wildman–Crippen MR) is 104 cm³/mol. The molecule has 0 radical (unpaired) electrons. The number of carbonyl (C=O) groups excluding carboxylic acids is 2. The summed E-state index contributed by atoms with van der Waals surface area (Å²) in [7, 11) is 0. The van der Waals surface area contributed by atoms with Crippen LogP contribution in [-0.4, -0.2) is 21.4 Å². The van der Waals surface area contributed by atoms with Gasteiger partial charge in [-0.3, -0.25) is 9.69 Å². The third kappa shape index (κ3) is 3.50. The van der Waals surface area contributed by atoms with Gasteiger partial charge in [-0.1, -0.05) is 41.9 Å². The third-order valence-corrected chi connectivity index (χ3v) is 4.58. The van der Waals surface area contributed by atoms with Crippen molar-refractivity contribution >= 4 is 29.6 Å². The highest BCUT2D eigenvalue weighted by Crippen LogP contribution is 2.20. The number of hydrogen-bond acceptors (Lipinski definition) is 2. The fraction of sp³-hybridized carbons (Fsp3) is 0.0476. The molecule has 0 atom stereocenters. The smallest absolute Gasteiger partial charge is 0.317 e. The molecule has 27 heavy (non-hydrogen) atoms. The van der Waals surface area contributed by atoms with Gasteiger partial charge in [0.05, 0.1) is 6.54 Å². The molecule has 0 saturated carbocycles. The maximum atomic E-state index is 12.7. The largest absolute Gasteiger partial charge is 0.329 e. The number of rotatable bonds is 4. The van der Waals surface area contributed by atoms with Gasteiger partial charge >= 0.3 is 6.03 Å². The van der Waals surface area contributed by atoms with Crippen LogP contribution >= 0.6 is 11.6 Å². The van der Waals surface area contributed by atoms with Gasteiger partial charge in [0.25, 0.3) is 5.91 Å². The SMILES string of the molecule is O=C1N/C(=C/c2cccn2-c2ccc(Cl)cc2)C(=O)N1Cc1ccccc1. The lowest BCUT2D eigenvalue weighted by atomic mass is 10.2. The average molecular weight is 378 g/mol. The molecule has 1 N–H and O–H groups in total. The fourth-order valence-electron chi connectivity index (χ4n) is 2.98. The predicted octanol–water partition coefficient (Wildman–Crippen LogP) is 4.22. The van der Waals surface area contributed by atoms with Crippen LogP contribution in [0.15, 0.2) is 78.6 Å². The number of halogens is 1. The molecule has 2 heterocycles. The normalized spacial score (nSPS) is 15.4. The van der Waals surface area contributed by atoms with E-state index in [-0.39, 0.29) is 18.1 Å². The standard InChI is InChI=1S/C21H16ClN3O2/c22-16-8-10-17(11-9-16)24-12-4-7-18(24)13-19-20(26)25(21(27)23-19)14-15-5-2-1-3-6-15/h1-13H,14H2,(H,23,27)/b19-13+. The molecule has 1 fully saturated rings. The highest BCUT2D eigenvalue weighted by molar-refractivity contribution is 6.30. The number of aromatic nitrogens is 1. The molecule has 0 aliphatic carbocycles. The van der Waals surface area contributed by atoms with Gasteiger partial charge in [-0.25, -0.2) is 4.79 Å². The Labute approximate surface area is 161 Å². The molecule has 5 nitrogen and oxygen atoms in total. The van der Waals surface area contributed by atoms with E-state index in [2.05, 4.69) is 5.32 Å². The molecule has 6 heteroatoms. The average Bonchev–Trinajstić information content (AvgIpc) is 3.24. The Kier molecular flexibility index (Phi) is 4.52. The van der Waals surface area contributed by atoms with Crippen LogP contribution in [-0.2, 0) is 11.3 Å². The van der Waals surface area contributed by atoms with Gasteiger partial charge in [-0.15, -0.1) is 0 Å². The van der Waals surface area contributed by atoms with E-state index in [9.17, 15) is 9.59 Å². The lowest BCUT2D eigenvalue weighted by Crippen LogP contribution is -2.30. The number of hydrogen-bond donors (Lipinski definition) is 1. The zero-order chi connectivity index (χ0) is 18.8. The summed E-state index contributed by atoms with van der Waals surface area (Å²) >= 11 is 5.95. The number of nitrogens with one attached hydrogen (secondary N) is 1. The molecule has 1 aliphatic heterocycles. The van der Waals surface area contributed by atoms with E-state index in [0.29, 0.717) is 5.02 Å². The summed E-state index contributed by atoms with van der Waals surface area (Å²) in [4.78, 5) is 26.1. The molecule has 0 bridgehead atoms. The minimum atomic E-state index is -0.417. The van der Waals surface area contributed by atoms with E-state index in [4.69, 9.17) is 11.6 Å². The summed E-state index contributed by atoms with van der Waals surface area (Å²) < 4.78 is 1.92. The van der Waals surface area contributed by atoms with Crippen molar-refractivity contribution in [2.24, 2.45) is 0 Å². The van der Waals surface area contributed by atoms with Crippen LogP contribution in [0.2, 0.25) is 5.02 Å². The number of nitrogens with zero attached hydrogens (tertiary/aromatic N) is 2. The van der Waals surface area contributed by atoms with Gasteiger partial charge in [0.15, 0.2) is 0 Å². The summed E-state index contributed by atoms with van der Waals surface area (Å²) in [5.41, 5.74) is 2.84. The van der Waals surface area contributed by atoms with E-state index < -0.39 is 6.03 Å². The molecule has 1 aromatic heterocycles. The zero-order valence-corrected chi connectivity index (χ0v) is 15.1. The van der Waals surface area contributed by atoms with Gasteiger partial charge in [0.2, 0.25) is 0 Å². The van der Waals surface area contributed by atoms with Crippen molar-refractivity contribution in [2.75, 3.05) is 0 Å². The molecule has 1 saturated heterocycles. The zero-order valence-electron chi connectivity index (χ0n) is 14.3. The Balaban J connectivity index is 1.60. The molecule has 0 spiro atoms. The molecule has 134 valence electrons. The van der Waals surface area contributed by atoms with Crippen molar-refractivity contribution in [3.05, 3.63) is 94.9 Å². The summed E-state index contributed by atoms with van der Waals surface area (Å²) in [6.45, 7) is 0.237. The van der Waals surface area contributed by atoms with Gasteiger partial charge in [0.1, 0.15) is 5.70 Å². The minimum Gasteiger partial charge on any atom is -0.317 e. The number of amides is 3. The van der Waals surface area contributed by atoms with E-state index in [1.165, 1.54) is 4.90 Å². The molecular weight excluding hydrogens is 362 g/mol. The molecule has 3 aromatic rings. The second-order valence-corrected chi connectivity index (χ2v) is 6.58. The van der Waals surface area contributed by atoms with E-state index in [0.717, 1.165) is 16.9 Å². The summed E-state index contributed by atoms with van der Waals surface area (Å²) in [5, 5.41) is 3.32. The number of benzene rings is 2. The first-order valence-electron chi connectivity index (χ1n) is 8.43. The number of urea groups is 1. The van der Waals surface area contributed by atoms with Gasteiger partial charge in [-0.05, 0) is 48.0 Å². The Hall–Kier alpha value is -3.31. The minimum absolute atomic E-state index is 0.237. The van der Waals surface area contributed by atoms with Crippen molar-refractivity contribution in [1.29, 1.82) is 0 Å². The highest BCUT2D eigenvalue weighted by Gasteiger charge is 2.33. The van der Waals surface area contributed by atoms with Crippen LogP contribution in [0, 0.1) is 0 Å². The molecule has 0 unspecified atom stereocenters. The molecule has 2 aromatic carbocycles. The molecule has 1 aliphatic rings. The first-order valence-corrected chi connectivity index (χ1v) is 8.81. The van der Waals surface area contributed by atoms with Crippen LogP contribution in [0.25, 0.3) is 11.8 Å². The van der Waals surface area contributed by atoms with Gasteiger partial charge in [-0.2, -0.15) is 0 Å². The first kappa shape index (κ1) is 17.1.